The number of methoxy groups -OCH3 is 1. The van der Waals surface area contributed by atoms with Crippen LogP contribution in [0.2, 0.25) is 0 Å². The second-order valence-corrected chi connectivity index (χ2v) is 5.03. The molecule has 2 rings (SSSR count). The maximum atomic E-state index is 12.0. The van der Waals surface area contributed by atoms with Crippen molar-refractivity contribution in [3.05, 3.63) is 28.2 Å². The van der Waals surface area contributed by atoms with Crippen molar-refractivity contribution < 1.29 is 14.6 Å². The maximum Gasteiger partial charge on any atom is 0.240 e. The van der Waals surface area contributed by atoms with Crippen molar-refractivity contribution in [3.63, 3.8) is 0 Å². The highest BCUT2D eigenvalue weighted by Gasteiger charge is 2.17. The van der Waals surface area contributed by atoms with Crippen LogP contribution in [0.25, 0.3) is 0 Å². The van der Waals surface area contributed by atoms with Gasteiger partial charge in [-0.1, -0.05) is 12.8 Å². The van der Waals surface area contributed by atoms with Gasteiger partial charge in [0.15, 0.2) is 5.75 Å². The molecule has 0 spiro atoms. The second-order valence-electron chi connectivity index (χ2n) is 5.03. The molecular formula is C14H20N2O4. The zero-order valence-electron chi connectivity index (χ0n) is 11.6. The van der Waals surface area contributed by atoms with Crippen molar-refractivity contribution in [3.8, 4) is 5.75 Å². The number of aliphatic hydroxyl groups is 1. The van der Waals surface area contributed by atoms with E-state index < -0.39 is 0 Å². The van der Waals surface area contributed by atoms with Gasteiger partial charge in [-0.05, 0) is 12.8 Å². The fraction of sp³-hybridized carbons (Fsp3) is 0.571. The van der Waals surface area contributed by atoms with Gasteiger partial charge in [0.2, 0.25) is 11.3 Å². The highest BCUT2D eigenvalue weighted by Crippen LogP contribution is 2.17. The smallest absolute Gasteiger partial charge is 0.240 e. The Balaban J connectivity index is 2.10. The Morgan fingerprint density at radius 2 is 2.20 bits per heavy atom. The molecule has 0 radical (unpaired) electrons. The molecule has 0 saturated heterocycles. The zero-order chi connectivity index (χ0) is 14.5. The number of nitrogens with zero attached hydrogens (tertiary/aromatic N) is 1. The lowest BCUT2D eigenvalue weighted by Gasteiger charge is -2.16. The summed E-state index contributed by atoms with van der Waals surface area (Å²) in [5.74, 6) is 0.0492. The van der Waals surface area contributed by atoms with Crippen molar-refractivity contribution in [2.45, 2.75) is 44.9 Å². The Kier molecular flexibility index (Phi) is 4.79. The van der Waals surface area contributed by atoms with Crippen molar-refractivity contribution in [2.75, 3.05) is 7.11 Å². The Morgan fingerprint density at radius 1 is 1.50 bits per heavy atom. The molecular weight excluding hydrogens is 260 g/mol. The molecule has 0 unspecified atom stereocenters. The van der Waals surface area contributed by atoms with Gasteiger partial charge >= 0.3 is 0 Å². The molecule has 1 amide bonds. The van der Waals surface area contributed by atoms with Crippen molar-refractivity contribution in [2.24, 2.45) is 0 Å². The maximum absolute atomic E-state index is 12.0. The summed E-state index contributed by atoms with van der Waals surface area (Å²) in [5, 5.41) is 12.2. The molecule has 1 fully saturated rings. The molecule has 1 aromatic rings. The van der Waals surface area contributed by atoms with E-state index >= 15 is 0 Å². The van der Waals surface area contributed by atoms with Crippen LogP contribution >= 0.6 is 0 Å². The van der Waals surface area contributed by atoms with E-state index in [1.807, 2.05) is 0 Å². The number of aliphatic hydroxyl groups excluding tert-OH is 1. The van der Waals surface area contributed by atoms with E-state index in [1.165, 1.54) is 19.4 Å². The van der Waals surface area contributed by atoms with E-state index in [9.17, 15) is 14.7 Å². The molecule has 0 aliphatic heterocycles. The largest absolute Gasteiger partial charge is 0.491 e. The van der Waals surface area contributed by atoms with Gasteiger partial charge in [0, 0.05) is 17.8 Å². The molecule has 1 saturated carbocycles. The molecule has 2 N–H and O–H groups in total. The monoisotopic (exact) mass is 280 g/mol. The number of hydrogen-bond donors (Lipinski definition) is 2. The predicted molar refractivity (Wildman–Crippen MR) is 73.6 cm³/mol. The van der Waals surface area contributed by atoms with Crippen LogP contribution in [0.4, 0.5) is 0 Å². The Labute approximate surface area is 117 Å². The highest BCUT2D eigenvalue weighted by molar-refractivity contribution is 5.76. The van der Waals surface area contributed by atoms with Crippen LogP contribution in [-0.4, -0.2) is 28.7 Å². The number of hydrogen-bond acceptors (Lipinski definition) is 4. The lowest BCUT2D eigenvalue weighted by atomic mass is 10.2. The Morgan fingerprint density at radius 3 is 2.80 bits per heavy atom. The average Bonchev–Trinajstić information content (AvgIpc) is 2.92. The molecule has 1 aromatic heterocycles. The Hall–Kier alpha value is -1.82. The van der Waals surface area contributed by atoms with Gasteiger partial charge in [-0.2, -0.15) is 0 Å². The minimum atomic E-state index is -0.302. The van der Waals surface area contributed by atoms with Crippen LogP contribution in [0.1, 0.15) is 31.4 Å². The summed E-state index contributed by atoms with van der Waals surface area (Å²) in [6.45, 7) is -0.223. The second kappa shape index (κ2) is 6.56. The minimum Gasteiger partial charge on any atom is -0.491 e. The normalized spacial score (nSPS) is 15.3. The summed E-state index contributed by atoms with van der Waals surface area (Å²) in [6.07, 6.45) is 5.80. The molecule has 110 valence electrons. The van der Waals surface area contributed by atoms with E-state index in [0.717, 1.165) is 25.7 Å². The molecule has 0 aromatic carbocycles. The summed E-state index contributed by atoms with van der Waals surface area (Å²) < 4.78 is 6.50. The first kappa shape index (κ1) is 14.6. The third kappa shape index (κ3) is 3.39. The molecule has 1 aliphatic carbocycles. The Bertz CT molecular complexity index is 532. The molecule has 6 nitrogen and oxygen atoms in total. The van der Waals surface area contributed by atoms with Gasteiger partial charge in [0.1, 0.15) is 6.54 Å². The fourth-order valence-corrected chi connectivity index (χ4v) is 2.53. The van der Waals surface area contributed by atoms with Gasteiger partial charge in [-0.25, -0.2) is 0 Å². The first-order chi connectivity index (χ1) is 9.63. The summed E-state index contributed by atoms with van der Waals surface area (Å²) in [5.41, 5.74) is 0.0985. The number of ether oxygens (including phenoxy) is 1. The van der Waals surface area contributed by atoms with Crippen LogP contribution in [0, 0.1) is 0 Å². The highest BCUT2D eigenvalue weighted by atomic mass is 16.5. The number of aromatic nitrogens is 1. The van der Waals surface area contributed by atoms with E-state index in [4.69, 9.17) is 4.74 Å². The van der Waals surface area contributed by atoms with E-state index in [2.05, 4.69) is 5.32 Å². The number of rotatable bonds is 5. The van der Waals surface area contributed by atoms with Crippen molar-refractivity contribution in [1.29, 1.82) is 0 Å². The molecule has 1 heterocycles. The number of carbonyl (C=O) groups excluding carboxylic acids is 1. The molecule has 20 heavy (non-hydrogen) atoms. The van der Waals surface area contributed by atoms with Gasteiger partial charge < -0.3 is 19.7 Å². The summed E-state index contributed by atoms with van der Waals surface area (Å²) in [4.78, 5) is 23.6. The minimum absolute atomic E-state index is 0.0725. The number of amides is 1. The fourth-order valence-electron chi connectivity index (χ4n) is 2.53. The average molecular weight is 280 g/mol. The van der Waals surface area contributed by atoms with E-state index in [1.54, 1.807) is 4.57 Å². The zero-order valence-corrected chi connectivity index (χ0v) is 11.6. The third-order valence-electron chi connectivity index (χ3n) is 3.60. The first-order valence-electron chi connectivity index (χ1n) is 6.81. The quantitative estimate of drug-likeness (QED) is 0.818. The van der Waals surface area contributed by atoms with Crippen LogP contribution in [0.5, 0.6) is 5.75 Å². The van der Waals surface area contributed by atoms with Crippen LogP contribution in [0.3, 0.4) is 0 Å². The first-order valence-corrected chi connectivity index (χ1v) is 6.81. The van der Waals surface area contributed by atoms with Crippen molar-refractivity contribution >= 4 is 5.91 Å². The van der Waals surface area contributed by atoms with Gasteiger partial charge in [0.25, 0.3) is 0 Å². The van der Waals surface area contributed by atoms with Crippen LogP contribution in [-0.2, 0) is 17.9 Å². The summed E-state index contributed by atoms with van der Waals surface area (Å²) in [6, 6.07) is 1.54. The number of nitrogens with one attached hydrogen (secondary N) is 1. The summed E-state index contributed by atoms with van der Waals surface area (Å²) >= 11 is 0. The lowest BCUT2D eigenvalue weighted by Crippen LogP contribution is -2.35. The van der Waals surface area contributed by atoms with Gasteiger partial charge in [0.05, 0.1) is 19.9 Å². The number of pyridine rings is 1. The van der Waals surface area contributed by atoms with Gasteiger partial charge in [-0.3, -0.25) is 9.59 Å². The van der Waals surface area contributed by atoms with E-state index in [-0.39, 0.29) is 36.3 Å². The SMILES string of the molecule is COc1cn(CC(=O)NC2CCCC2)c(CO)cc1=O. The van der Waals surface area contributed by atoms with Crippen LogP contribution in [0.15, 0.2) is 17.1 Å². The van der Waals surface area contributed by atoms with Crippen molar-refractivity contribution in [1.82, 2.24) is 9.88 Å². The standard InChI is InChI=1S/C14H20N2O4/c1-20-13-7-16(11(9-17)6-12(13)18)8-14(19)15-10-4-2-3-5-10/h6-7,10,17H,2-5,8-9H2,1H3,(H,15,19). The summed E-state index contributed by atoms with van der Waals surface area (Å²) in [7, 11) is 1.40. The molecule has 0 atom stereocenters. The topological polar surface area (TPSA) is 80.6 Å². The third-order valence-corrected chi connectivity index (χ3v) is 3.60. The molecule has 6 heteroatoms. The number of carbonyl (C=O) groups is 1. The van der Waals surface area contributed by atoms with Crippen LogP contribution < -0.4 is 15.5 Å². The van der Waals surface area contributed by atoms with Gasteiger partial charge in [-0.15, -0.1) is 0 Å². The predicted octanol–water partition coefficient (Wildman–Crippen LogP) is 0.408. The lowest BCUT2D eigenvalue weighted by molar-refractivity contribution is -0.122. The molecule has 1 aliphatic rings. The van der Waals surface area contributed by atoms with E-state index in [0.29, 0.717) is 5.69 Å². The molecule has 0 bridgehead atoms.